The molecular formula is C46H44N2O6S. The average molecular weight is 753 g/mol. The highest BCUT2D eigenvalue weighted by Gasteiger charge is 2.38. The minimum absolute atomic E-state index is 0.00944. The Labute approximate surface area is 326 Å². The van der Waals surface area contributed by atoms with E-state index in [9.17, 15) is 9.90 Å². The van der Waals surface area contributed by atoms with Crippen molar-refractivity contribution in [2.45, 2.75) is 43.5 Å². The fourth-order valence-electron chi connectivity index (χ4n) is 6.58. The van der Waals surface area contributed by atoms with Gasteiger partial charge >= 0.3 is 6.03 Å². The van der Waals surface area contributed by atoms with Gasteiger partial charge in [-0.25, -0.2) is 4.79 Å². The van der Waals surface area contributed by atoms with Crippen LogP contribution < -0.4 is 20.1 Å². The normalized spacial score (nSPS) is 17.9. The van der Waals surface area contributed by atoms with Gasteiger partial charge in [-0.2, -0.15) is 0 Å². The fraction of sp³-hybridized carbons (Fsp3) is 0.196. The molecule has 1 heterocycles. The van der Waals surface area contributed by atoms with Crippen molar-refractivity contribution in [3.05, 3.63) is 174 Å². The van der Waals surface area contributed by atoms with Gasteiger partial charge in [0, 0.05) is 34.4 Å². The van der Waals surface area contributed by atoms with E-state index in [0.29, 0.717) is 23.7 Å². The van der Waals surface area contributed by atoms with Crippen LogP contribution in [0.5, 0.6) is 17.2 Å². The lowest BCUT2D eigenvalue weighted by Crippen LogP contribution is -2.38. The standard InChI is InChI=1S/C46H44N2O6S/c1-31-42(30-55-43-15-9-8-14-41(43)51-2)53-45(54-44(31)34-18-16-32(29-49)17-19-34)35-22-20-33(21-23-35)40-13-7-6-10-36(40)28-47-46(50)48-37-24-26-39(27-25-37)52-38-11-4-3-5-12-38/h3-27,31,42,44-45,49H,28-30H2,1-2H3,(H2,47,48,50). The zero-order chi connectivity index (χ0) is 38.0. The second-order valence-electron chi connectivity index (χ2n) is 13.3. The number of aliphatic hydroxyl groups is 1. The summed E-state index contributed by atoms with van der Waals surface area (Å²) >= 11 is 1.71. The maximum Gasteiger partial charge on any atom is 0.319 e. The number of nitrogens with one attached hydrogen (secondary N) is 2. The second kappa shape index (κ2) is 18.2. The predicted octanol–water partition coefficient (Wildman–Crippen LogP) is 10.6. The molecule has 6 aromatic carbocycles. The summed E-state index contributed by atoms with van der Waals surface area (Å²) in [5.74, 6) is 3.05. The largest absolute Gasteiger partial charge is 0.496 e. The first-order valence-corrected chi connectivity index (χ1v) is 19.3. The maximum absolute atomic E-state index is 12.9. The summed E-state index contributed by atoms with van der Waals surface area (Å²) in [5, 5.41) is 15.5. The lowest BCUT2D eigenvalue weighted by Gasteiger charge is -2.41. The number of thioether (sulfide) groups is 1. The van der Waals surface area contributed by atoms with E-state index >= 15 is 0 Å². The summed E-state index contributed by atoms with van der Waals surface area (Å²) in [6.45, 7) is 2.50. The van der Waals surface area contributed by atoms with E-state index in [4.69, 9.17) is 18.9 Å². The Kier molecular flexibility index (Phi) is 12.5. The molecule has 0 aromatic heterocycles. The van der Waals surface area contributed by atoms with Crippen LogP contribution in [-0.2, 0) is 22.6 Å². The average Bonchev–Trinajstić information content (AvgIpc) is 3.24. The van der Waals surface area contributed by atoms with Crippen LogP contribution in [0.3, 0.4) is 0 Å². The van der Waals surface area contributed by atoms with E-state index in [1.54, 1.807) is 18.9 Å². The summed E-state index contributed by atoms with van der Waals surface area (Å²) < 4.78 is 24.9. The molecule has 7 rings (SSSR count). The molecule has 55 heavy (non-hydrogen) atoms. The molecule has 0 spiro atoms. The third-order valence-electron chi connectivity index (χ3n) is 9.64. The van der Waals surface area contributed by atoms with Gasteiger partial charge in [-0.05, 0) is 76.3 Å². The van der Waals surface area contributed by atoms with Gasteiger partial charge in [-0.15, -0.1) is 11.8 Å². The molecule has 9 heteroatoms. The van der Waals surface area contributed by atoms with Crippen LogP contribution in [0.25, 0.3) is 11.1 Å². The molecule has 0 bridgehead atoms. The van der Waals surface area contributed by atoms with Crippen molar-refractivity contribution < 1.29 is 28.8 Å². The number of anilines is 1. The number of hydrogen-bond donors (Lipinski definition) is 3. The van der Waals surface area contributed by atoms with Gasteiger partial charge in [-0.1, -0.05) is 110 Å². The number of amides is 2. The van der Waals surface area contributed by atoms with Crippen LogP contribution in [0.1, 0.15) is 41.6 Å². The van der Waals surface area contributed by atoms with Gasteiger partial charge in [0.2, 0.25) is 0 Å². The Hall–Kier alpha value is -5.58. The molecule has 4 unspecified atom stereocenters. The molecule has 280 valence electrons. The Bertz CT molecular complexity index is 2150. The van der Waals surface area contributed by atoms with Crippen molar-refractivity contribution >= 4 is 23.5 Å². The topological polar surface area (TPSA) is 98.3 Å². The van der Waals surface area contributed by atoms with Crippen LogP contribution in [0.4, 0.5) is 10.5 Å². The Balaban J connectivity index is 1.02. The molecule has 1 saturated heterocycles. The highest BCUT2D eigenvalue weighted by Crippen LogP contribution is 2.44. The minimum atomic E-state index is -0.587. The van der Waals surface area contributed by atoms with Gasteiger partial charge in [-0.3, -0.25) is 0 Å². The van der Waals surface area contributed by atoms with Gasteiger partial charge in [0.15, 0.2) is 6.29 Å². The zero-order valence-electron chi connectivity index (χ0n) is 30.8. The predicted molar refractivity (Wildman–Crippen MR) is 217 cm³/mol. The molecule has 1 fully saturated rings. The highest BCUT2D eigenvalue weighted by molar-refractivity contribution is 7.99. The van der Waals surface area contributed by atoms with E-state index in [1.165, 1.54) is 0 Å². The first-order chi connectivity index (χ1) is 27.0. The number of methoxy groups -OCH3 is 1. The van der Waals surface area contributed by atoms with E-state index in [1.807, 2.05) is 115 Å². The molecule has 2 amide bonds. The summed E-state index contributed by atoms with van der Waals surface area (Å²) in [4.78, 5) is 14.0. The van der Waals surface area contributed by atoms with Gasteiger partial charge in [0.1, 0.15) is 17.2 Å². The van der Waals surface area contributed by atoms with E-state index in [0.717, 1.165) is 49.8 Å². The number of aliphatic hydroxyl groups excluding tert-OH is 1. The molecule has 1 aliphatic rings. The van der Waals surface area contributed by atoms with Crippen molar-refractivity contribution in [3.63, 3.8) is 0 Å². The monoisotopic (exact) mass is 752 g/mol. The molecule has 1 aliphatic heterocycles. The summed E-state index contributed by atoms with van der Waals surface area (Å²) in [7, 11) is 1.69. The first-order valence-electron chi connectivity index (χ1n) is 18.3. The number of benzene rings is 6. The lowest BCUT2D eigenvalue weighted by molar-refractivity contribution is -0.268. The zero-order valence-corrected chi connectivity index (χ0v) is 31.6. The van der Waals surface area contributed by atoms with Crippen LogP contribution in [0, 0.1) is 5.92 Å². The van der Waals surface area contributed by atoms with Crippen molar-refractivity contribution in [3.8, 4) is 28.4 Å². The van der Waals surface area contributed by atoms with Crippen molar-refractivity contribution in [1.29, 1.82) is 0 Å². The Morgan fingerprint density at radius 1 is 0.745 bits per heavy atom. The fourth-order valence-corrected chi connectivity index (χ4v) is 7.77. The summed E-state index contributed by atoms with van der Waals surface area (Å²) in [6, 6.07) is 48.8. The molecule has 4 atom stereocenters. The summed E-state index contributed by atoms with van der Waals surface area (Å²) in [6.07, 6.45) is -0.919. The number of urea groups is 1. The van der Waals surface area contributed by atoms with E-state index < -0.39 is 6.29 Å². The quantitative estimate of drug-likeness (QED) is 0.101. The number of hydrogen-bond acceptors (Lipinski definition) is 7. The molecule has 0 aliphatic carbocycles. The number of carbonyl (C=O) groups is 1. The van der Waals surface area contributed by atoms with E-state index in [-0.39, 0.29) is 30.8 Å². The van der Waals surface area contributed by atoms with Gasteiger partial charge in [0.25, 0.3) is 0 Å². The first kappa shape index (κ1) is 37.7. The summed E-state index contributed by atoms with van der Waals surface area (Å²) in [5.41, 5.74) is 6.48. The van der Waals surface area contributed by atoms with Crippen LogP contribution >= 0.6 is 11.8 Å². The Morgan fingerprint density at radius 2 is 1.42 bits per heavy atom. The highest BCUT2D eigenvalue weighted by atomic mass is 32.2. The number of para-hydroxylation sites is 2. The minimum Gasteiger partial charge on any atom is -0.496 e. The number of ether oxygens (including phenoxy) is 4. The number of rotatable bonds is 13. The number of carbonyl (C=O) groups excluding carboxylic acids is 1. The maximum atomic E-state index is 12.9. The van der Waals surface area contributed by atoms with Crippen LogP contribution in [0.15, 0.2) is 157 Å². The van der Waals surface area contributed by atoms with Crippen molar-refractivity contribution in [1.82, 2.24) is 5.32 Å². The van der Waals surface area contributed by atoms with E-state index in [2.05, 4.69) is 54.0 Å². The van der Waals surface area contributed by atoms with Crippen LogP contribution in [-0.4, -0.2) is 30.1 Å². The molecular weight excluding hydrogens is 709 g/mol. The third-order valence-corrected chi connectivity index (χ3v) is 10.8. The van der Waals surface area contributed by atoms with Crippen molar-refractivity contribution in [2.24, 2.45) is 5.92 Å². The Morgan fingerprint density at radius 3 is 2.16 bits per heavy atom. The lowest BCUT2D eigenvalue weighted by atomic mass is 9.91. The SMILES string of the molecule is COc1ccccc1SCC1OC(c2ccc(-c3ccccc3CNC(=O)Nc3ccc(Oc4ccccc4)cc3)cc2)OC(c2ccc(CO)cc2)C1C. The molecule has 0 radical (unpaired) electrons. The second-order valence-corrected chi connectivity index (χ2v) is 14.4. The molecule has 0 saturated carbocycles. The van der Waals surface area contributed by atoms with Gasteiger partial charge in [0.05, 0.1) is 25.9 Å². The molecule has 3 N–H and O–H groups in total. The third kappa shape index (κ3) is 9.57. The molecule has 6 aromatic rings. The smallest absolute Gasteiger partial charge is 0.319 e. The molecule has 8 nitrogen and oxygen atoms in total. The van der Waals surface area contributed by atoms with Crippen molar-refractivity contribution in [2.75, 3.05) is 18.2 Å². The van der Waals surface area contributed by atoms with Crippen LogP contribution in [0.2, 0.25) is 0 Å². The van der Waals surface area contributed by atoms with Gasteiger partial charge < -0.3 is 34.7 Å².